The Hall–Kier alpha value is -7.53. The van der Waals surface area contributed by atoms with Crippen molar-refractivity contribution in [2.75, 3.05) is 123 Å². The molecule has 0 bridgehead atoms. The van der Waals surface area contributed by atoms with Crippen LogP contribution in [0, 0.1) is 66.6 Å². The van der Waals surface area contributed by atoms with E-state index in [1.807, 2.05) is 136 Å². The highest BCUT2D eigenvalue weighted by molar-refractivity contribution is 6.01. The van der Waals surface area contributed by atoms with Gasteiger partial charge in [-0.25, -0.2) is 22.0 Å². The maximum absolute atomic E-state index is 13.8. The molecule has 0 aromatic heterocycles. The monoisotopic (exact) mass is 1350 g/mol. The SMILES string of the molecule is CN(C)CC1COc2ccc(F)cc2C1=O.CN(C)C[C@@H]1COc2ccc(F)cc2[C@H]1O.CNC.CNC[C@@H]1COc2ccc(F)cc2[C@H]1Oc1ccccc1C.Cc1ccccc1O[C@@H]1c2cc(F)ccc2OC[C@H]1CN(C)C.Cl.Cl.O=C1CCOc2ccc(F)cc21. The van der Waals surface area contributed by atoms with Crippen molar-refractivity contribution in [2.24, 2.45) is 23.7 Å². The minimum absolute atomic E-state index is 0. The lowest BCUT2D eigenvalue weighted by Crippen LogP contribution is -2.36. The summed E-state index contributed by atoms with van der Waals surface area (Å²) in [5.41, 5.74) is 4.97. The fraction of sp³-hybridized carbons (Fsp3) is 0.389. The van der Waals surface area contributed by atoms with Crippen LogP contribution < -0.4 is 43.8 Å². The molecule has 94 heavy (non-hydrogen) atoms. The second-order valence-corrected chi connectivity index (χ2v) is 23.8. The van der Waals surface area contributed by atoms with E-state index in [1.54, 1.807) is 18.2 Å². The smallest absolute Gasteiger partial charge is 0.174 e. The summed E-state index contributed by atoms with van der Waals surface area (Å²) in [4.78, 5) is 29.2. The molecular weight excluding hydrogens is 1260 g/mol. The minimum atomic E-state index is -0.651. The van der Waals surface area contributed by atoms with Crippen LogP contribution in [0.1, 0.15) is 73.3 Å². The molecular formula is C72H88Cl2F5N5O10. The van der Waals surface area contributed by atoms with Gasteiger partial charge >= 0.3 is 0 Å². The second-order valence-electron chi connectivity index (χ2n) is 23.8. The lowest BCUT2D eigenvalue weighted by molar-refractivity contribution is 0.0366. The zero-order valence-electron chi connectivity index (χ0n) is 55.1. The van der Waals surface area contributed by atoms with Gasteiger partial charge in [0.1, 0.15) is 81.5 Å². The molecule has 5 aliphatic heterocycles. The third kappa shape index (κ3) is 21.8. The second kappa shape index (κ2) is 37.5. The quantitative estimate of drug-likeness (QED) is 0.0994. The van der Waals surface area contributed by atoms with Gasteiger partial charge in [-0.15, -0.1) is 24.8 Å². The third-order valence-electron chi connectivity index (χ3n) is 15.3. The van der Waals surface area contributed by atoms with Crippen LogP contribution in [0.25, 0.3) is 0 Å². The topological polar surface area (TPSA) is 153 Å². The van der Waals surface area contributed by atoms with Crippen molar-refractivity contribution in [3.63, 3.8) is 0 Å². The van der Waals surface area contributed by atoms with Crippen LogP contribution in [0.15, 0.2) is 140 Å². The summed E-state index contributed by atoms with van der Waals surface area (Å²) in [6.45, 7) is 9.27. The minimum Gasteiger partial charge on any atom is -0.493 e. The lowest BCUT2D eigenvalue weighted by atomic mass is 9.92. The molecule has 0 saturated heterocycles. The van der Waals surface area contributed by atoms with Gasteiger partial charge in [0.15, 0.2) is 11.6 Å². The van der Waals surface area contributed by atoms with E-state index in [0.29, 0.717) is 91.4 Å². The number of fused-ring (bicyclic) bond motifs is 5. The molecule has 0 spiro atoms. The standard InChI is InChI=1S/C19H22FNO2.C18H20FNO2.C12H16FNO2.C12H14FNO2.C9H7FO2.C2H7N.2ClH/c1-13-6-4-5-7-17(13)23-19-14(11-21(2)3)12-22-18-9-8-15(20)10-16(18)19;1-12-5-3-4-6-16(12)22-18-13(10-20-2)11-21-17-8-7-14(19)9-15(17)18;2*1-14(2)6-8-7-16-11-4-3-9(13)5-10(11)12(8)15;10-6-1-2-9-7(5-6)8(11)3-4-12-9;1-3-2;;/h4-10,14,19H,11-12H2,1-3H3;3-9,13,18,20H,10-11H2,1-2H3;3-5,8,12,15H,6-7H2,1-2H3;3-5,8H,6-7H2,1-2H3;1-2,5H,3-4H2;3H,1-2H3;2*1H/t14-,19+;13-,18+;8-,12+;;;;;/m111...../s1. The van der Waals surface area contributed by atoms with Crippen molar-refractivity contribution < 1.29 is 69.8 Å². The Balaban J connectivity index is 0.000000213. The Bertz CT molecular complexity index is 3550. The summed E-state index contributed by atoms with van der Waals surface area (Å²) in [5.74, 6) is 2.92. The van der Waals surface area contributed by atoms with Gasteiger partial charge in [-0.05, 0) is 192 Å². The maximum Gasteiger partial charge on any atom is 0.174 e. The van der Waals surface area contributed by atoms with Gasteiger partial charge in [0.05, 0.1) is 56.2 Å². The number of rotatable bonds is 12. The number of aliphatic hydroxyl groups is 1. The summed E-state index contributed by atoms with van der Waals surface area (Å²) >= 11 is 0. The maximum atomic E-state index is 13.8. The number of para-hydroxylation sites is 2. The predicted octanol–water partition coefficient (Wildman–Crippen LogP) is 12.8. The van der Waals surface area contributed by atoms with Crippen LogP contribution in [-0.4, -0.2) is 154 Å². The number of carbonyl (C=O) groups is 2. The molecule has 5 aliphatic rings. The zero-order chi connectivity index (χ0) is 66.6. The average Bonchev–Trinajstić information content (AvgIpc) is 0.842. The molecule has 7 aromatic carbocycles. The Morgan fingerprint density at radius 2 is 0.862 bits per heavy atom. The molecule has 0 radical (unpaired) electrons. The normalized spacial score (nSPS) is 19.2. The van der Waals surface area contributed by atoms with Gasteiger partial charge < -0.3 is 63.6 Å². The molecule has 1 unspecified atom stereocenters. The number of Topliss-reactive ketones (excluding diaryl/α,β-unsaturated/α-hetero) is 2. The predicted molar refractivity (Wildman–Crippen MR) is 360 cm³/mol. The number of hydrogen-bond acceptors (Lipinski definition) is 15. The first-order valence-electron chi connectivity index (χ1n) is 30.6. The largest absolute Gasteiger partial charge is 0.493 e. The fourth-order valence-electron chi connectivity index (χ4n) is 11.0. The van der Waals surface area contributed by atoms with E-state index in [1.165, 1.54) is 72.8 Å². The van der Waals surface area contributed by atoms with E-state index in [2.05, 4.69) is 15.5 Å². The summed E-state index contributed by atoms with van der Waals surface area (Å²) in [5, 5.41) is 16.0. The van der Waals surface area contributed by atoms with Crippen molar-refractivity contribution in [1.82, 2.24) is 25.3 Å². The number of halogens is 7. The lowest BCUT2D eigenvalue weighted by Gasteiger charge is -2.35. The highest BCUT2D eigenvalue weighted by Crippen LogP contribution is 2.42. The molecule has 0 fully saturated rings. The number of benzene rings is 7. The molecule has 12 rings (SSSR count). The van der Waals surface area contributed by atoms with Gasteiger partial charge in [-0.1, -0.05) is 36.4 Å². The third-order valence-corrected chi connectivity index (χ3v) is 15.3. The van der Waals surface area contributed by atoms with Crippen LogP contribution >= 0.6 is 24.8 Å². The number of nitrogens with one attached hydrogen (secondary N) is 2. The number of aryl methyl sites for hydroxylation is 2. The van der Waals surface area contributed by atoms with E-state index < -0.39 is 17.7 Å². The van der Waals surface area contributed by atoms with Crippen molar-refractivity contribution in [3.05, 3.63) is 208 Å². The van der Waals surface area contributed by atoms with Crippen molar-refractivity contribution in [2.45, 2.75) is 38.6 Å². The molecule has 7 aromatic rings. The van der Waals surface area contributed by atoms with Gasteiger partial charge in [-0.3, -0.25) is 9.59 Å². The molecule has 15 nitrogen and oxygen atoms in total. The molecule has 0 amide bonds. The van der Waals surface area contributed by atoms with E-state index >= 15 is 0 Å². The molecule has 7 atom stereocenters. The van der Waals surface area contributed by atoms with E-state index in [9.17, 15) is 36.6 Å². The summed E-state index contributed by atoms with van der Waals surface area (Å²) in [6, 6.07) is 37.4. The van der Waals surface area contributed by atoms with Crippen molar-refractivity contribution >= 4 is 36.4 Å². The Kier molecular flexibility index (Phi) is 30.8. The Morgan fingerprint density at radius 1 is 0.479 bits per heavy atom. The van der Waals surface area contributed by atoms with Crippen LogP contribution in [0.2, 0.25) is 0 Å². The first-order chi connectivity index (χ1) is 44.1. The average molecular weight is 1350 g/mol. The summed E-state index contributed by atoms with van der Waals surface area (Å²) < 4.78 is 106. The highest BCUT2D eigenvalue weighted by atomic mass is 35.5. The number of ether oxygens (including phenoxy) is 7. The molecule has 510 valence electrons. The van der Waals surface area contributed by atoms with Crippen molar-refractivity contribution in [3.8, 4) is 40.2 Å². The van der Waals surface area contributed by atoms with Crippen LogP contribution in [0.4, 0.5) is 22.0 Å². The van der Waals surface area contributed by atoms with Crippen LogP contribution in [0.3, 0.4) is 0 Å². The number of aliphatic hydroxyl groups excluding tert-OH is 1. The number of ketones is 2. The molecule has 3 N–H and O–H groups in total. The molecule has 0 saturated carbocycles. The summed E-state index contributed by atoms with van der Waals surface area (Å²) in [7, 11) is 17.4. The zero-order valence-corrected chi connectivity index (χ0v) is 56.7. The first-order valence-corrected chi connectivity index (χ1v) is 30.6. The van der Waals surface area contributed by atoms with Crippen molar-refractivity contribution in [1.29, 1.82) is 0 Å². The van der Waals surface area contributed by atoms with E-state index in [4.69, 9.17) is 33.2 Å². The van der Waals surface area contributed by atoms with Gasteiger partial charge in [0.25, 0.3) is 0 Å². The van der Waals surface area contributed by atoms with Gasteiger partial charge in [0, 0.05) is 67.0 Å². The van der Waals surface area contributed by atoms with Crippen LogP contribution in [0.5, 0.6) is 40.2 Å². The van der Waals surface area contributed by atoms with E-state index in [-0.39, 0.29) is 89.7 Å². The fourth-order valence-corrected chi connectivity index (χ4v) is 11.0. The number of carbonyl (C=O) groups excluding carboxylic acids is 2. The van der Waals surface area contributed by atoms with E-state index in [0.717, 1.165) is 53.4 Å². The first kappa shape index (κ1) is 77.2. The molecule has 5 heterocycles. The summed E-state index contributed by atoms with van der Waals surface area (Å²) in [6.07, 6.45) is -0.760. The highest BCUT2D eigenvalue weighted by Gasteiger charge is 2.36. The molecule has 22 heteroatoms. The van der Waals surface area contributed by atoms with Crippen LogP contribution in [-0.2, 0) is 0 Å². The number of hydrogen-bond donors (Lipinski definition) is 3. The Morgan fingerprint density at radius 3 is 1.34 bits per heavy atom. The Labute approximate surface area is 561 Å². The van der Waals surface area contributed by atoms with Gasteiger partial charge in [-0.2, -0.15) is 0 Å². The number of nitrogens with zero attached hydrogens (tertiary/aromatic N) is 3. The van der Waals surface area contributed by atoms with Gasteiger partial charge in [0.2, 0.25) is 0 Å². The molecule has 0 aliphatic carbocycles.